The summed E-state index contributed by atoms with van der Waals surface area (Å²) in [6.07, 6.45) is 12.2. The SMILES string of the molecule is CCC1CCCCC1C1CCC(C)C1. The molecular formula is C14H26. The highest BCUT2D eigenvalue weighted by atomic mass is 14.4. The Morgan fingerprint density at radius 2 is 1.79 bits per heavy atom. The molecule has 4 atom stereocenters. The highest BCUT2D eigenvalue weighted by Crippen LogP contribution is 2.45. The Morgan fingerprint density at radius 1 is 1.00 bits per heavy atom. The van der Waals surface area contributed by atoms with Crippen molar-refractivity contribution >= 4 is 0 Å². The Hall–Kier alpha value is 0. The average molecular weight is 194 g/mol. The van der Waals surface area contributed by atoms with E-state index >= 15 is 0 Å². The van der Waals surface area contributed by atoms with Crippen LogP contribution in [0.4, 0.5) is 0 Å². The van der Waals surface area contributed by atoms with Crippen LogP contribution in [-0.2, 0) is 0 Å². The van der Waals surface area contributed by atoms with E-state index in [9.17, 15) is 0 Å². The zero-order chi connectivity index (χ0) is 9.97. The van der Waals surface area contributed by atoms with Gasteiger partial charge in [0.15, 0.2) is 0 Å². The third-order valence-corrected chi connectivity index (χ3v) is 4.83. The lowest BCUT2D eigenvalue weighted by atomic mass is 9.70. The van der Waals surface area contributed by atoms with Crippen LogP contribution in [0, 0.1) is 23.7 Å². The van der Waals surface area contributed by atoms with Crippen LogP contribution in [0.3, 0.4) is 0 Å². The molecule has 0 heteroatoms. The van der Waals surface area contributed by atoms with E-state index in [1.807, 2.05) is 0 Å². The van der Waals surface area contributed by atoms with Gasteiger partial charge in [0.25, 0.3) is 0 Å². The van der Waals surface area contributed by atoms with Gasteiger partial charge in [0.2, 0.25) is 0 Å². The van der Waals surface area contributed by atoms with E-state index in [1.54, 1.807) is 19.3 Å². The molecule has 2 aliphatic rings. The van der Waals surface area contributed by atoms with Crippen molar-refractivity contribution in [3.63, 3.8) is 0 Å². The van der Waals surface area contributed by atoms with Gasteiger partial charge in [-0.25, -0.2) is 0 Å². The Bertz CT molecular complexity index is 173. The molecule has 0 bridgehead atoms. The molecule has 2 aliphatic carbocycles. The molecule has 2 saturated carbocycles. The van der Waals surface area contributed by atoms with E-state index < -0.39 is 0 Å². The molecule has 0 spiro atoms. The Kier molecular flexibility index (Phi) is 3.52. The standard InChI is InChI=1S/C14H26/c1-3-12-6-4-5-7-14(12)13-9-8-11(2)10-13/h11-14H,3-10H2,1-2H3. The second-order valence-corrected chi connectivity index (χ2v) is 5.79. The maximum absolute atomic E-state index is 2.45. The smallest absolute Gasteiger partial charge is 0.0357 e. The number of hydrogen-bond donors (Lipinski definition) is 0. The first-order chi connectivity index (χ1) is 6.81. The van der Waals surface area contributed by atoms with Gasteiger partial charge in [-0.2, -0.15) is 0 Å². The molecule has 2 rings (SSSR count). The summed E-state index contributed by atoms with van der Waals surface area (Å²) >= 11 is 0. The predicted molar refractivity (Wildman–Crippen MR) is 62.2 cm³/mol. The predicted octanol–water partition coefficient (Wildman–Crippen LogP) is 4.64. The summed E-state index contributed by atoms with van der Waals surface area (Å²) in [6, 6.07) is 0. The molecule has 14 heavy (non-hydrogen) atoms. The summed E-state index contributed by atoms with van der Waals surface area (Å²) in [6.45, 7) is 4.85. The summed E-state index contributed by atoms with van der Waals surface area (Å²) in [5.74, 6) is 4.33. The van der Waals surface area contributed by atoms with Gasteiger partial charge in [-0.05, 0) is 42.9 Å². The van der Waals surface area contributed by atoms with E-state index in [4.69, 9.17) is 0 Å². The fourth-order valence-electron chi connectivity index (χ4n) is 4.00. The largest absolute Gasteiger partial charge is 0.0651 e. The van der Waals surface area contributed by atoms with Crippen molar-refractivity contribution in [2.24, 2.45) is 23.7 Å². The van der Waals surface area contributed by atoms with Crippen LogP contribution in [0.15, 0.2) is 0 Å². The highest BCUT2D eigenvalue weighted by molar-refractivity contribution is 4.84. The van der Waals surface area contributed by atoms with Crippen molar-refractivity contribution in [3.8, 4) is 0 Å². The summed E-state index contributed by atoms with van der Waals surface area (Å²) in [5, 5.41) is 0. The summed E-state index contributed by atoms with van der Waals surface area (Å²) in [7, 11) is 0. The van der Waals surface area contributed by atoms with Crippen LogP contribution < -0.4 is 0 Å². The third-order valence-electron chi connectivity index (χ3n) is 4.83. The van der Waals surface area contributed by atoms with E-state index in [1.165, 1.54) is 32.1 Å². The van der Waals surface area contributed by atoms with Crippen molar-refractivity contribution < 1.29 is 0 Å². The minimum atomic E-state index is 1.03. The van der Waals surface area contributed by atoms with Crippen molar-refractivity contribution in [3.05, 3.63) is 0 Å². The first kappa shape index (κ1) is 10.5. The maximum Gasteiger partial charge on any atom is -0.0357 e. The molecule has 0 N–H and O–H groups in total. The van der Waals surface area contributed by atoms with E-state index in [-0.39, 0.29) is 0 Å². The Balaban J connectivity index is 1.93. The molecule has 0 aromatic heterocycles. The quantitative estimate of drug-likeness (QED) is 0.601. The maximum atomic E-state index is 2.45. The molecule has 0 aromatic carbocycles. The molecule has 82 valence electrons. The van der Waals surface area contributed by atoms with Gasteiger partial charge in [0, 0.05) is 0 Å². The molecular weight excluding hydrogens is 168 g/mol. The van der Waals surface area contributed by atoms with Crippen LogP contribution in [0.25, 0.3) is 0 Å². The monoisotopic (exact) mass is 194 g/mol. The number of hydrogen-bond acceptors (Lipinski definition) is 0. The van der Waals surface area contributed by atoms with Gasteiger partial charge < -0.3 is 0 Å². The van der Waals surface area contributed by atoms with Gasteiger partial charge in [-0.15, -0.1) is 0 Å². The first-order valence-corrected chi connectivity index (χ1v) is 6.81. The topological polar surface area (TPSA) is 0 Å². The lowest BCUT2D eigenvalue weighted by molar-refractivity contribution is 0.156. The zero-order valence-corrected chi connectivity index (χ0v) is 9.97. The molecule has 0 aromatic rings. The molecule has 2 fully saturated rings. The fraction of sp³-hybridized carbons (Fsp3) is 1.00. The molecule has 4 unspecified atom stereocenters. The van der Waals surface area contributed by atoms with Gasteiger partial charge >= 0.3 is 0 Å². The lowest BCUT2D eigenvalue weighted by Crippen LogP contribution is -2.25. The van der Waals surface area contributed by atoms with Crippen LogP contribution in [0.5, 0.6) is 0 Å². The average Bonchev–Trinajstić information content (AvgIpc) is 2.65. The normalized spacial score (nSPS) is 44.1. The lowest BCUT2D eigenvalue weighted by Gasteiger charge is -2.35. The molecule has 0 saturated heterocycles. The Labute approximate surface area is 89.5 Å². The van der Waals surface area contributed by atoms with E-state index in [0.29, 0.717) is 0 Å². The first-order valence-electron chi connectivity index (χ1n) is 6.81. The molecule has 0 aliphatic heterocycles. The van der Waals surface area contributed by atoms with Crippen molar-refractivity contribution in [2.75, 3.05) is 0 Å². The zero-order valence-electron chi connectivity index (χ0n) is 9.97. The summed E-state index contributed by atoms with van der Waals surface area (Å²) in [5.41, 5.74) is 0. The molecule has 0 amide bonds. The highest BCUT2D eigenvalue weighted by Gasteiger charge is 2.34. The summed E-state index contributed by atoms with van der Waals surface area (Å²) in [4.78, 5) is 0. The minimum Gasteiger partial charge on any atom is -0.0651 e. The summed E-state index contributed by atoms with van der Waals surface area (Å²) < 4.78 is 0. The van der Waals surface area contributed by atoms with Crippen molar-refractivity contribution in [1.29, 1.82) is 0 Å². The van der Waals surface area contributed by atoms with Gasteiger partial charge in [0.05, 0.1) is 0 Å². The minimum absolute atomic E-state index is 1.03. The molecule has 0 nitrogen and oxygen atoms in total. The van der Waals surface area contributed by atoms with Crippen LogP contribution in [-0.4, -0.2) is 0 Å². The van der Waals surface area contributed by atoms with Crippen LogP contribution in [0.2, 0.25) is 0 Å². The second kappa shape index (κ2) is 4.68. The van der Waals surface area contributed by atoms with Crippen LogP contribution in [0.1, 0.15) is 65.2 Å². The van der Waals surface area contributed by atoms with Gasteiger partial charge in [-0.3, -0.25) is 0 Å². The Morgan fingerprint density at radius 3 is 2.43 bits per heavy atom. The molecule has 0 radical (unpaired) electrons. The fourth-order valence-corrected chi connectivity index (χ4v) is 4.00. The van der Waals surface area contributed by atoms with Crippen LogP contribution >= 0.6 is 0 Å². The molecule has 0 heterocycles. The van der Waals surface area contributed by atoms with E-state index in [0.717, 1.165) is 23.7 Å². The third kappa shape index (κ3) is 2.15. The number of rotatable bonds is 2. The van der Waals surface area contributed by atoms with Gasteiger partial charge in [-0.1, -0.05) is 46.0 Å². The van der Waals surface area contributed by atoms with Crippen molar-refractivity contribution in [2.45, 2.75) is 65.2 Å². The van der Waals surface area contributed by atoms with Crippen molar-refractivity contribution in [1.82, 2.24) is 0 Å². The van der Waals surface area contributed by atoms with E-state index in [2.05, 4.69) is 13.8 Å². The second-order valence-electron chi connectivity index (χ2n) is 5.79. The van der Waals surface area contributed by atoms with Gasteiger partial charge in [0.1, 0.15) is 0 Å².